The average molecular weight is 513 g/mol. The van der Waals surface area contributed by atoms with E-state index in [1.807, 2.05) is 0 Å². The summed E-state index contributed by atoms with van der Waals surface area (Å²) in [5, 5.41) is 0. The fourth-order valence-electron chi connectivity index (χ4n) is 5.21. The van der Waals surface area contributed by atoms with Crippen LogP contribution in [0.3, 0.4) is 0 Å². The minimum atomic E-state index is 0.525. The third-order valence-electron chi connectivity index (χ3n) is 7.54. The normalized spacial score (nSPS) is 12.0. The van der Waals surface area contributed by atoms with Crippen molar-refractivity contribution in [3.05, 3.63) is 35.4 Å². The summed E-state index contributed by atoms with van der Waals surface area (Å²) in [6.45, 7) is 21.5. The summed E-state index contributed by atoms with van der Waals surface area (Å²) in [5.41, 5.74) is 6.33. The van der Waals surface area contributed by atoms with E-state index in [0.717, 1.165) is 56.1 Å². The highest BCUT2D eigenvalue weighted by molar-refractivity contribution is 5.85. The lowest BCUT2D eigenvalue weighted by atomic mass is 9.94. The molecule has 0 radical (unpaired) electrons. The van der Waals surface area contributed by atoms with Gasteiger partial charge in [0, 0.05) is 37.4 Å². The second kappa shape index (κ2) is 18.4. The number of nitrogens with zero attached hydrogens (tertiary/aromatic N) is 4. The van der Waals surface area contributed by atoms with Gasteiger partial charge < -0.3 is 14.7 Å². The number of rotatable bonds is 19. The highest BCUT2D eigenvalue weighted by Crippen LogP contribution is 2.34. The van der Waals surface area contributed by atoms with E-state index in [9.17, 15) is 0 Å². The zero-order valence-electron chi connectivity index (χ0n) is 26.1. The number of hydrogen-bond donors (Lipinski definition) is 0. The zero-order chi connectivity index (χ0) is 27.8. The fraction of sp³-hybridized carbons (Fsp3) is 0.727. The quantitative estimate of drug-likeness (QED) is 0.105. The van der Waals surface area contributed by atoms with Crippen molar-refractivity contribution in [2.45, 2.75) is 118 Å². The SMILES string of the molecule is C=C(c1cc(CC)c(CCCCN(C)C)cc1/N=C(\C)N(CCC)CCCC)N(C)C(CCC)CCC. The molecule has 1 aromatic rings. The van der Waals surface area contributed by atoms with Crippen molar-refractivity contribution < 1.29 is 0 Å². The molecule has 0 aliphatic heterocycles. The smallest absolute Gasteiger partial charge is 0.102 e. The summed E-state index contributed by atoms with van der Waals surface area (Å²) in [5.74, 6) is 1.13. The van der Waals surface area contributed by atoms with Crippen LogP contribution >= 0.6 is 0 Å². The predicted molar refractivity (Wildman–Crippen MR) is 167 cm³/mol. The molecule has 0 saturated heterocycles. The van der Waals surface area contributed by atoms with E-state index in [-0.39, 0.29) is 0 Å². The molecule has 1 rings (SSSR count). The molecule has 0 aliphatic carbocycles. The Labute approximate surface area is 231 Å². The van der Waals surface area contributed by atoms with E-state index in [0.29, 0.717) is 6.04 Å². The summed E-state index contributed by atoms with van der Waals surface area (Å²) in [7, 11) is 6.56. The third kappa shape index (κ3) is 11.2. The molecule has 212 valence electrons. The molecule has 0 heterocycles. The van der Waals surface area contributed by atoms with Gasteiger partial charge in [-0.15, -0.1) is 0 Å². The van der Waals surface area contributed by atoms with E-state index in [1.54, 1.807) is 0 Å². The van der Waals surface area contributed by atoms with Crippen molar-refractivity contribution in [3.8, 4) is 0 Å². The predicted octanol–water partition coefficient (Wildman–Crippen LogP) is 8.57. The monoisotopic (exact) mass is 512 g/mol. The number of hydrogen-bond acceptors (Lipinski definition) is 3. The van der Waals surface area contributed by atoms with Gasteiger partial charge in [0.1, 0.15) is 5.84 Å². The molecule has 0 amide bonds. The van der Waals surface area contributed by atoms with Crippen molar-refractivity contribution in [1.82, 2.24) is 14.7 Å². The number of aryl methyl sites for hydroxylation is 2. The van der Waals surface area contributed by atoms with Crippen molar-refractivity contribution in [1.29, 1.82) is 0 Å². The molecular weight excluding hydrogens is 452 g/mol. The first-order chi connectivity index (χ1) is 17.7. The summed E-state index contributed by atoms with van der Waals surface area (Å²) in [4.78, 5) is 12.5. The molecule has 0 atom stereocenters. The summed E-state index contributed by atoms with van der Waals surface area (Å²) in [6, 6.07) is 5.33. The Morgan fingerprint density at radius 3 is 2.03 bits per heavy atom. The van der Waals surface area contributed by atoms with E-state index in [4.69, 9.17) is 4.99 Å². The van der Waals surface area contributed by atoms with Crippen LogP contribution in [-0.2, 0) is 12.8 Å². The second-order valence-electron chi connectivity index (χ2n) is 11.0. The maximum atomic E-state index is 5.33. The van der Waals surface area contributed by atoms with Crippen LogP contribution in [0.2, 0.25) is 0 Å². The van der Waals surface area contributed by atoms with Gasteiger partial charge in [-0.3, -0.25) is 0 Å². The lowest BCUT2D eigenvalue weighted by molar-refractivity contribution is 0.306. The Morgan fingerprint density at radius 2 is 1.49 bits per heavy atom. The first-order valence-corrected chi connectivity index (χ1v) is 15.3. The van der Waals surface area contributed by atoms with Gasteiger partial charge in [-0.1, -0.05) is 60.5 Å². The van der Waals surface area contributed by atoms with Gasteiger partial charge in [0.2, 0.25) is 0 Å². The van der Waals surface area contributed by atoms with Crippen LogP contribution in [0.25, 0.3) is 5.70 Å². The first kappa shape index (κ1) is 33.2. The molecule has 4 heteroatoms. The third-order valence-corrected chi connectivity index (χ3v) is 7.54. The highest BCUT2D eigenvalue weighted by atomic mass is 15.2. The molecular formula is C33H60N4. The largest absolute Gasteiger partial charge is 0.372 e. The van der Waals surface area contributed by atoms with E-state index in [1.165, 1.54) is 68.1 Å². The molecule has 0 fully saturated rings. The minimum Gasteiger partial charge on any atom is -0.372 e. The molecule has 0 aromatic heterocycles. The van der Waals surface area contributed by atoms with Gasteiger partial charge in [-0.25, -0.2) is 4.99 Å². The Hall–Kier alpha value is -1.81. The number of amidine groups is 1. The molecule has 0 spiro atoms. The fourth-order valence-corrected chi connectivity index (χ4v) is 5.21. The van der Waals surface area contributed by atoms with Crippen LogP contribution in [0, 0.1) is 0 Å². The Morgan fingerprint density at radius 1 is 0.811 bits per heavy atom. The topological polar surface area (TPSA) is 22.1 Å². The summed E-state index contributed by atoms with van der Waals surface area (Å²) < 4.78 is 0. The van der Waals surface area contributed by atoms with Gasteiger partial charge >= 0.3 is 0 Å². The molecule has 0 unspecified atom stereocenters. The highest BCUT2D eigenvalue weighted by Gasteiger charge is 2.20. The van der Waals surface area contributed by atoms with Crippen molar-refractivity contribution in [2.75, 3.05) is 40.8 Å². The van der Waals surface area contributed by atoms with Gasteiger partial charge in [0.25, 0.3) is 0 Å². The lowest BCUT2D eigenvalue weighted by Gasteiger charge is -2.32. The van der Waals surface area contributed by atoms with Gasteiger partial charge in [0.15, 0.2) is 0 Å². The van der Waals surface area contributed by atoms with Crippen molar-refractivity contribution in [3.63, 3.8) is 0 Å². The van der Waals surface area contributed by atoms with Gasteiger partial charge in [0.05, 0.1) is 5.69 Å². The Kier molecular flexibility index (Phi) is 16.6. The molecule has 1 aromatic carbocycles. The number of unbranched alkanes of at least 4 members (excludes halogenated alkanes) is 2. The second-order valence-corrected chi connectivity index (χ2v) is 11.0. The van der Waals surface area contributed by atoms with Crippen LogP contribution in [0.15, 0.2) is 23.7 Å². The molecule has 37 heavy (non-hydrogen) atoms. The van der Waals surface area contributed by atoms with E-state index in [2.05, 4.69) is 96.1 Å². The van der Waals surface area contributed by atoms with Crippen LogP contribution in [-0.4, -0.2) is 67.4 Å². The standard InChI is InChI=1S/C33H60N4/c1-11-16-24-37(22-14-4)28(7)34-33-26-30(21-17-18-23-35(8)9)29(15-5)25-32(33)27(6)36(10)31(19-12-2)20-13-3/h25-26,31H,6,11-24H2,1-5,7-10H3/b34-28+. The van der Waals surface area contributed by atoms with E-state index >= 15 is 0 Å². The van der Waals surface area contributed by atoms with Crippen molar-refractivity contribution in [2.24, 2.45) is 4.99 Å². The van der Waals surface area contributed by atoms with Gasteiger partial charge in [-0.05, 0) is 102 Å². The lowest BCUT2D eigenvalue weighted by Crippen LogP contribution is -2.31. The molecule has 0 N–H and O–H groups in total. The average Bonchev–Trinajstić information content (AvgIpc) is 2.87. The van der Waals surface area contributed by atoms with E-state index < -0.39 is 0 Å². The summed E-state index contributed by atoms with van der Waals surface area (Å²) >= 11 is 0. The van der Waals surface area contributed by atoms with Crippen LogP contribution < -0.4 is 0 Å². The molecule has 4 nitrogen and oxygen atoms in total. The summed E-state index contributed by atoms with van der Waals surface area (Å²) in [6.07, 6.45) is 12.9. The Balaban J connectivity index is 3.51. The zero-order valence-corrected chi connectivity index (χ0v) is 26.1. The maximum Gasteiger partial charge on any atom is 0.102 e. The number of aliphatic imine (C=N–C) groups is 1. The van der Waals surface area contributed by atoms with Crippen LogP contribution in [0.1, 0.15) is 116 Å². The maximum absolute atomic E-state index is 5.33. The van der Waals surface area contributed by atoms with Crippen LogP contribution in [0.4, 0.5) is 5.69 Å². The number of benzene rings is 1. The molecule has 0 saturated carbocycles. The van der Waals surface area contributed by atoms with Crippen LogP contribution in [0.5, 0.6) is 0 Å². The van der Waals surface area contributed by atoms with Crippen molar-refractivity contribution >= 4 is 17.2 Å². The minimum absolute atomic E-state index is 0.525. The Bertz CT molecular complexity index is 805. The molecule has 0 aliphatic rings. The van der Waals surface area contributed by atoms with Gasteiger partial charge in [-0.2, -0.15) is 0 Å². The molecule has 0 bridgehead atoms. The first-order valence-electron chi connectivity index (χ1n) is 15.3.